The minimum atomic E-state index is 0.552. The van der Waals surface area contributed by atoms with E-state index in [2.05, 4.69) is 77.1 Å². The number of rotatable bonds is 4. The highest BCUT2D eigenvalue weighted by molar-refractivity contribution is 5.67. The first-order valence-corrected chi connectivity index (χ1v) is 10.2. The molecular weight excluding hydrogens is 332 g/mol. The standard InChI is InChI=1S/C23H28N4/c1-16(2)17-6-8-18(9-7-17)23-21(26-12-4-3-5-22(26)25-23)15-27-19-10-11-20(27)14-24-13-19/h3-9,12,16,19-20,24H,10-11,13-15H2,1-2H3. The average Bonchev–Trinajstić information content (AvgIpc) is 3.15. The van der Waals surface area contributed by atoms with Gasteiger partial charge in [0.05, 0.1) is 11.4 Å². The van der Waals surface area contributed by atoms with E-state index in [9.17, 15) is 0 Å². The van der Waals surface area contributed by atoms with Gasteiger partial charge in [-0.15, -0.1) is 0 Å². The molecule has 0 amide bonds. The zero-order chi connectivity index (χ0) is 18.4. The highest BCUT2D eigenvalue weighted by Crippen LogP contribution is 2.32. The van der Waals surface area contributed by atoms with Gasteiger partial charge in [-0.2, -0.15) is 0 Å². The zero-order valence-corrected chi connectivity index (χ0v) is 16.2. The summed E-state index contributed by atoms with van der Waals surface area (Å²) < 4.78 is 2.28. The van der Waals surface area contributed by atoms with Gasteiger partial charge in [0.1, 0.15) is 5.65 Å². The number of piperazine rings is 1. The quantitative estimate of drug-likeness (QED) is 0.761. The van der Waals surface area contributed by atoms with Crippen molar-refractivity contribution in [1.82, 2.24) is 19.6 Å². The van der Waals surface area contributed by atoms with Crippen molar-refractivity contribution in [2.75, 3.05) is 13.1 Å². The Bertz CT molecular complexity index is 925. The van der Waals surface area contributed by atoms with Gasteiger partial charge in [-0.25, -0.2) is 4.98 Å². The molecule has 0 spiro atoms. The number of hydrogen-bond donors (Lipinski definition) is 1. The molecule has 5 rings (SSSR count). The predicted octanol–water partition coefficient (Wildman–Crippen LogP) is 4.06. The molecule has 2 atom stereocenters. The molecule has 2 aromatic heterocycles. The second kappa shape index (κ2) is 6.77. The van der Waals surface area contributed by atoms with Crippen molar-refractivity contribution in [2.24, 2.45) is 0 Å². The maximum absolute atomic E-state index is 5.01. The van der Waals surface area contributed by atoms with Gasteiger partial charge in [0, 0.05) is 43.5 Å². The lowest BCUT2D eigenvalue weighted by Gasteiger charge is -2.35. The van der Waals surface area contributed by atoms with Crippen molar-refractivity contribution < 1.29 is 0 Å². The molecule has 2 fully saturated rings. The number of nitrogens with one attached hydrogen (secondary N) is 1. The van der Waals surface area contributed by atoms with Gasteiger partial charge in [-0.1, -0.05) is 44.2 Å². The van der Waals surface area contributed by atoms with E-state index in [0.29, 0.717) is 18.0 Å². The lowest BCUT2D eigenvalue weighted by Crippen LogP contribution is -2.51. The third-order valence-electron chi connectivity index (χ3n) is 6.34. The molecule has 140 valence electrons. The molecule has 2 bridgehead atoms. The normalized spacial score (nSPS) is 22.8. The Morgan fingerprint density at radius 1 is 1.04 bits per heavy atom. The molecule has 2 unspecified atom stereocenters. The van der Waals surface area contributed by atoms with E-state index >= 15 is 0 Å². The summed E-state index contributed by atoms with van der Waals surface area (Å²) in [5.41, 5.74) is 6.10. The van der Waals surface area contributed by atoms with E-state index < -0.39 is 0 Å². The van der Waals surface area contributed by atoms with Crippen LogP contribution in [-0.4, -0.2) is 39.5 Å². The van der Waals surface area contributed by atoms with Gasteiger partial charge in [-0.3, -0.25) is 4.90 Å². The summed E-state index contributed by atoms with van der Waals surface area (Å²) in [5.74, 6) is 0.552. The Labute approximate surface area is 161 Å². The monoisotopic (exact) mass is 360 g/mol. The van der Waals surface area contributed by atoms with Crippen LogP contribution in [-0.2, 0) is 6.54 Å². The van der Waals surface area contributed by atoms with Crippen molar-refractivity contribution in [3.8, 4) is 11.3 Å². The lowest BCUT2D eigenvalue weighted by atomic mass is 10.00. The second-order valence-electron chi connectivity index (χ2n) is 8.33. The summed E-state index contributed by atoms with van der Waals surface area (Å²) >= 11 is 0. The molecule has 2 aliphatic rings. The zero-order valence-electron chi connectivity index (χ0n) is 16.2. The Hall–Kier alpha value is -2.17. The molecule has 4 heterocycles. The van der Waals surface area contributed by atoms with Crippen molar-refractivity contribution in [2.45, 2.75) is 51.2 Å². The second-order valence-corrected chi connectivity index (χ2v) is 8.33. The van der Waals surface area contributed by atoms with Crippen LogP contribution >= 0.6 is 0 Å². The molecule has 4 nitrogen and oxygen atoms in total. The molecule has 0 aliphatic carbocycles. The van der Waals surface area contributed by atoms with Gasteiger partial charge in [0.15, 0.2) is 0 Å². The van der Waals surface area contributed by atoms with Gasteiger partial charge in [0.25, 0.3) is 0 Å². The van der Waals surface area contributed by atoms with Crippen molar-refractivity contribution in [3.05, 3.63) is 59.9 Å². The topological polar surface area (TPSA) is 32.6 Å². The fourth-order valence-electron chi connectivity index (χ4n) is 4.76. The Kier molecular flexibility index (Phi) is 4.25. The molecule has 3 aromatic rings. The van der Waals surface area contributed by atoms with Gasteiger partial charge < -0.3 is 9.72 Å². The Morgan fingerprint density at radius 3 is 2.48 bits per heavy atom. The third kappa shape index (κ3) is 2.97. The van der Waals surface area contributed by atoms with Crippen LogP contribution in [0.5, 0.6) is 0 Å². The Morgan fingerprint density at radius 2 is 1.78 bits per heavy atom. The summed E-state index contributed by atoms with van der Waals surface area (Å²) in [7, 11) is 0. The molecule has 2 saturated heterocycles. The van der Waals surface area contributed by atoms with Crippen LogP contribution in [0.3, 0.4) is 0 Å². The predicted molar refractivity (Wildman–Crippen MR) is 110 cm³/mol. The number of imidazole rings is 1. The van der Waals surface area contributed by atoms with E-state index in [1.807, 2.05) is 0 Å². The molecule has 1 N–H and O–H groups in total. The summed E-state index contributed by atoms with van der Waals surface area (Å²) in [6.45, 7) is 7.69. The molecule has 4 heteroatoms. The van der Waals surface area contributed by atoms with E-state index in [-0.39, 0.29) is 0 Å². The highest BCUT2D eigenvalue weighted by atomic mass is 15.3. The fraction of sp³-hybridized carbons (Fsp3) is 0.435. The summed E-state index contributed by atoms with van der Waals surface area (Å²) in [5, 5.41) is 3.59. The van der Waals surface area contributed by atoms with Crippen LogP contribution < -0.4 is 5.32 Å². The maximum Gasteiger partial charge on any atom is 0.137 e. The summed E-state index contributed by atoms with van der Waals surface area (Å²) in [6.07, 6.45) is 4.79. The van der Waals surface area contributed by atoms with E-state index in [0.717, 1.165) is 31.0 Å². The van der Waals surface area contributed by atoms with E-state index in [4.69, 9.17) is 4.98 Å². The number of nitrogens with zero attached hydrogens (tertiary/aromatic N) is 3. The molecule has 0 radical (unpaired) electrons. The summed E-state index contributed by atoms with van der Waals surface area (Å²) in [6, 6.07) is 16.6. The van der Waals surface area contributed by atoms with Crippen LogP contribution in [0.25, 0.3) is 16.9 Å². The van der Waals surface area contributed by atoms with Gasteiger partial charge >= 0.3 is 0 Å². The van der Waals surface area contributed by atoms with Crippen LogP contribution in [0.15, 0.2) is 48.7 Å². The smallest absolute Gasteiger partial charge is 0.137 e. The SMILES string of the molecule is CC(C)c1ccc(-c2nc3ccccn3c2CN2C3CCC2CNC3)cc1. The minimum absolute atomic E-state index is 0.552. The molecule has 27 heavy (non-hydrogen) atoms. The van der Waals surface area contributed by atoms with Crippen molar-refractivity contribution in [1.29, 1.82) is 0 Å². The number of benzene rings is 1. The van der Waals surface area contributed by atoms with Crippen molar-refractivity contribution in [3.63, 3.8) is 0 Å². The number of pyridine rings is 1. The molecule has 1 aromatic carbocycles. The number of aromatic nitrogens is 2. The fourth-order valence-corrected chi connectivity index (χ4v) is 4.76. The number of hydrogen-bond acceptors (Lipinski definition) is 3. The lowest BCUT2D eigenvalue weighted by molar-refractivity contribution is 0.143. The van der Waals surface area contributed by atoms with Crippen LogP contribution in [0.4, 0.5) is 0 Å². The molecule has 2 aliphatic heterocycles. The first-order chi connectivity index (χ1) is 13.2. The van der Waals surface area contributed by atoms with Crippen LogP contribution in [0, 0.1) is 0 Å². The van der Waals surface area contributed by atoms with Crippen molar-refractivity contribution >= 4 is 5.65 Å². The number of fused-ring (bicyclic) bond motifs is 3. The van der Waals surface area contributed by atoms with Gasteiger partial charge in [-0.05, 0) is 36.5 Å². The van der Waals surface area contributed by atoms with Crippen LogP contribution in [0.2, 0.25) is 0 Å². The van der Waals surface area contributed by atoms with Gasteiger partial charge in [0.2, 0.25) is 0 Å². The first-order valence-electron chi connectivity index (χ1n) is 10.2. The Balaban J connectivity index is 1.57. The summed E-state index contributed by atoms with van der Waals surface area (Å²) in [4.78, 5) is 7.72. The van der Waals surface area contributed by atoms with E-state index in [1.165, 1.54) is 29.7 Å². The molecular formula is C23H28N4. The molecule has 0 saturated carbocycles. The largest absolute Gasteiger partial charge is 0.314 e. The van der Waals surface area contributed by atoms with Crippen LogP contribution in [0.1, 0.15) is 43.9 Å². The highest BCUT2D eigenvalue weighted by Gasteiger charge is 2.37. The minimum Gasteiger partial charge on any atom is -0.314 e. The maximum atomic E-state index is 5.01. The van der Waals surface area contributed by atoms with E-state index in [1.54, 1.807) is 0 Å². The average molecular weight is 361 g/mol. The first kappa shape index (κ1) is 17.0. The third-order valence-corrected chi connectivity index (χ3v) is 6.34.